The van der Waals surface area contributed by atoms with Gasteiger partial charge in [0.25, 0.3) is 0 Å². The van der Waals surface area contributed by atoms with Crippen LogP contribution in [-0.2, 0) is 9.59 Å². The van der Waals surface area contributed by atoms with Crippen LogP contribution in [-0.4, -0.2) is 58.8 Å². The summed E-state index contributed by atoms with van der Waals surface area (Å²) in [6.07, 6.45) is 1.13. The van der Waals surface area contributed by atoms with Gasteiger partial charge in [-0.2, -0.15) is 0 Å². The number of aliphatic hydroxyl groups is 1. The number of rotatable bonds is 9. The summed E-state index contributed by atoms with van der Waals surface area (Å²) in [4.78, 5) is 34.7. The van der Waals surface area contributed by atoms with Crippen molar-refractivity contribution in [1.29, 1.82) is 0 Å². The lowest BCUT2D eigenvalue weighted by Crippen LogP contribution is -2.50. The minimum Gasteiger partial charge on any atom is -0.480 e. The number of hydrogen-bond donors (Lipinski definition) is 4. The Morgan fingerprint density at radius 1 is 1.32 bits per heavy atom. The first-order valence-electron chi connectivity index (χ1n) is 6.09. The lowest BCUT2D eigenvalue weighted by atomic mass is 10.2. The molecule has 0 unspecified atom stereocenters. The maximum atomic E-state index is 11.8. The lowest BCUT2D eigenvalue weighted by Gasteiger charge is -2.24. The highest BCUT2D eigenvalue weighted by atomic mass is 16.4. The number of nitrogens with two attached hydrogens (primary N) is 1. The number of aliphatic hydroxyl groups excluding tert-OH is 1. The van der Waals surface area contributed by atoms with Crippen LogP contribution in [0.2, 0.25) is 0 Å². The number of unbranched alkanes of at least 4 members (excludes halogenated alkanes) is 1. The van der Waals surface area contributed by atoms with Crippen LogP contribution in [0.4, 0.5) is 4.79 Å². The van der Waals surface area contributed by atoms with Gasteiger partial charge in [-0.15, -0.1) is 0 Å². The summed E-state index contributed by atoms with van der Waals surface area (Å²) in [7, 11) is 0. The average molecular weight is 275 g/mol. The predicted molar refractivity (Wildman–Crippen MR) is 67.3 cm³/mol. The number of amides is 3. The molecule has 3 amide bonds. The second-order valence-corrected chi connectivity index (χ2v) is 4.07. The molecule has 0 aliphatic carbocycles. The molecule has 8 nitrogen and oxygen atoms in total. The highest BCUT2D eigenvalue weighted by Gasteiger charge is 2.24. The number of urea groups is 1. The van der Waals surface area contributed by atoms with E-state index >= 15 is 0 Å². The van der Waals surface area contributed by atoms with Gasteiger partial charge in [-0.3, -0.25) is 4.79 Å². The zero-order valence-electron chi connectivity index (χ0n) is 11.0. The van der Waals surface area contributed by atoms with Crippen molar-refractivity contribution >= 4 is 17.9 Å². The van der Waals surface area contributed by atoms with Gasteiger partial charge in [0.2, 0.25) is 5.91 Å². The van der Waals surface area contributed by atoms with Crippen LogP contribution in [0.5, 0.6) is 0 Å². The van der Waals surface area contributed by atoms with Crippen molar-refractivity contribution < 1.29 is 24.6 Å². The largest absolute Gasteiger partial charge is 0.480 e. The van der Waals surface area contributed by atoms with Crippen LogP contribution in [0, 0.1) is 0 Å². The van der Waals surface area contributed by atoms with Crippen molar-refractivity contribution in [1.82, 2.24) is 10.2 Å². The van der Waals surface area contributed by atoms with E-state index in [9.17, 15) is 14.4 Å². The first kappa shape index (κ1) is 17.2. The molecule has 0 saturated heterocycles. The fraction of sp³-hybridized carbons (Fsp3) is 0.727. The van der Waals surface area contributed by atoms with E-state index in [0.29, 0.717) is 6.54 Å². The van der Waals surface area contributed by atoms with Crippen LogP contribution in [0.15, 0.2) is 0 Å². The molecular weight excluding hydrogens is 254 g/mol. The summed E-state index contributed by atoms with van der Waals surface area (Å²) in [5.41, 5.74) is 4.91. The summed E-state index contributed by atoms with van der Waals surface area (Å²) in [5, 5.41) is 19.9. The average Bonchev–Trinajstić information content (AvgIpc) is 2.32. The molecule has 5 N–H and O–H groups in total. The Kier molecular flexibility index (Phi) is 8.27. The van der Waals surface area contributed by atoms with Crippen molar-refractivity contribution in [2.75, 3.05) is 19.7 Å². The topological polar surface area (TPSA) is 133 Å². The number of carboxylic acids is 1. The summed E-state index contributed by atoms with van der Waals surface area (Å²) in [5.74, 6) is -2.14. The summed E-state index contributed by atoms with van der Waals surface area (Å²) in [6, 6.07) is -1.98. The fourth-order valence-electron chi connectivity index (χ4n) is 1.43. The van der Waals surface area contributed by atoms with E-state index < -0.39 is 30.4 Å². The van der Waals surface area contributed by atoms with Crippen molar-refractivity contribution in [3.63, 3.8) is 0 Å². The minimum absolute atomic E-state index is 0.106. The van der Waals surface area contributed by atoms with Crippen molar-refractivity contribution in [3.05, 3.63) is 0 Å². The first-order chi connectivity index (χ1) is 8.92. The molecule has 110 valence electrons. The van der Waals surface area contributed by atoms with Gasteiger partial charge in [-0.1, -0.05) is 13.3 Å². The van der Waals surface area contributed by atoms with E-state index in [-0.39, 0.29) is 13.2 Å². The Balaban J connectivity index is 4.55. The molecule has 0 saturated carbocycles. The van der Waals surface area contributed by atoms with E-state index in [2.05, 4.69) is 5.32 Å². The molecule has 0 aromatic carbocycles. The van der Waals surface area contributed by atoms with Crippen LogP contribution in [0.25, 0.3) is 0 Å². The SMILES string of the molecule is CCCCN(CCO)C(=O)N[C@@H](CC(N)=O)C(=O)O. The third kappa shape index (κ3) is 7.24. The van der Waals surface area contributed by atoms with Gasteiger partial charge < -0.3 is 26.2 Å². The normalized spacial score (nSPS) is 11.7. The standard InChI is InChI=1S/C11H21N3O5/c1-2-3-4-14(5-6-15)11(19)13-8(10(17)18)7-9(12)16/h8,15H,2-7H2,1H3,(H2,12,16)(H,13,19)(H,17,18)/t8-/m0/s1. The van der Waals surface area contributed by atoms with Crippen LogP contribution in [0.1, 0.15) is 26.2 Å². The van der Waals surface area contributed by atoms with E-state index in [4.69, 9.17) is 15.9 Å². The quantitative estimate of drug-likeness (QED) is 0.433. The fourth-order valence-corrected chi connectivity index (χ4v) is 1.43. The Morgan fingerprint density at radius 3 is 2.37 bits per heavy atom. The number of nitrogens with zero attached hydrogens (tertiary/aromatic N) is 1. The molecule has 0 rings (SSSR count). The van der Waals surface area contributed by atoms with Crippen LogP contribution < -0.4 is 11.1 Å². The van der Waals surface area contributed by atoms with Gasteiger partial charge in [0, 0.05) is 13.1 Å². The molecule has 8 heteroatoms. The van der Waals surface area contributed by atoms with Gasteiger partial charge in [0.15, 0.2) is 0 Å². The lowest BCUT2D eigenvalue weighted by molar-refractivity contribution is -0.140. The van der Waals surface area contributed by atoms with Gasteiger partial charge in [0.1, 0.15) is 6.04 Å². The van der Waals surface area contributed by atoms with Crippen molar-refractivity contribution in [2.45, 2.75) is 32.2 Å². The predicted octanol–water partition coefficient (Wildman–Crippen LogP) is -0.881. The molecule has 0 spiro atoms. The molecule has 0 aromatic heterocycles. The Labute approximate surface area is 111 Å². The number of primary amides is 1. The van der Waals surface area contributed by atoms with E-state index in [1.54, 1.807) is 0 Å². The Bertz CT molecular complexity index is 321. The van der Waals surface area contributed by atoms with E-state index in [0.717, 1.165) is 12.8 Å². The smallest absolute Gasteiger partial charge is 0.326 e. The first-order valence-corrected chi connectivity index (χ1v) is 6.09. The number of carbonyl (C=O) groups excluding carboxylic acids is 2. The number of hydrogen-bond acceptors (Lipinski definition) is 4. The van der Waals surface area contributed by atoms with Gasteiger partial charge in [0.05, 0.1) is 13.0 Å². The Morgan fingerprint density at radius 2 is 1.95 bits per heavy atom. The second-order valence-electron chi connectivity index (χ2n) is 4.07. The zero-order valence-corrected chi connectivity index (χ0v) is 11.0. The molecular formula is C11H21N3O5. The van der Waals surface area contributed by atoms with E-state index in [1.165, 1.54) is 4.90 Å². The van der Waals surface area contributed by atoms with Crippen molar-refractivity contribution in [3.8, 4) is 0 Å². The molecule has 0 aliphatic rings. The molecule has 0 heterocycles. The number of carbonyl (C=O) groups is 3. The summed E-state index contributed by atoms with van der Waals surface area (Å²) < 4.78 is 0. The number of nitrogens with one attached hydrogen (secondary N) is 1. The third-order valence-electron chi connectivity index (χ3n) is 2.44. The molecule has 0 aromatic rings. The molecule has 1 atom stereocenters. The summed E-state index contributed by atoms with van der Waals surface area (Å²) >= 11 is 0. The van der Waals surface area contributed by atoms with Crippen LogP contribution >= 0.6 is 0 Å². The molecule has 19 heavy (non-hydrogen) atoms. The highest BCUT2D eigenvalue weighted by molar-refractivity contribution is 5.87. The molecule has 0 radical (unpaired) electrons. The van der Waals surface area contributed by atoms with Crippen LogP contribution in [0.3, 0.4) is 0 Å². The summed E-state index contributed by atoms with van der Waals surface area (Å²) in [6.45, 7) is 2.24. The van der Waals surface area contributed by atoms with E-state index in [1.807, 2.05) is 6.92 Å². The molecule has 0 fully saturated rings. The maximum Gasteiger partial charge on any atom is 0.326 e. The van der Waals surface area contributed by atoms with Gasteiger partial charge in [-0.25, -0.2) is 9.59 Å². The number of carboxylic acid groups (broad SMARTS) is 1. The minimum atomic E-state index is -1.35. The van der Waals surface area contributed by atoms with Crippen molar-refractivity contribution in [2.24, 2.45) is 5.73 Å². The molecule has 0 aliphatic heterocycles. The highest BCUT2D eigenvalue weighted by Crippen LogP contribution is 1.99. The number of aliphatic carboxylic acids is 1. The van der Waals surface area contributed by atoms with Gasteiger partial charge in [-0.05, 0) is 6.42 Å². The Hall–Kier alpha value is -1.83. The monoisotopic (exact) mass is 275 g/mol. The van der Waals surface area contributed by atoms with Gasteiger partial charge >= 0.3 is 12.0 Å². The second kappa shape index (κ2) is 9.15. The molecule has 0 bridgehead atoms. The maximum absolute atomic E-state index is 11.8. The zero-order chi connectivity index (χ0) is 14.8. The third-order valence-corrected chi connectivity index (χ3v) is 2.44.